The molecule has 1 aromatic carbocycles. The van der Waals surface area contributed by atoms with Crippen LogP contribution >= 0.6 is 11.6 Å². The van der Waals surface area contributed by atoms with Crippen molar-refractivity contribution < 1.29 is 23.8 Å². The molecule has 1 N–H and O–H groups in total. The van der Waals surface area contributed by atoms with E-state index in [2.05, 4.69) is 9.97 Å². The molecule has 6 rings (SSSR count). The lowest BCUT2D eigenvalue weighted by Gasteiger charge is -2.32. The summed E-state index contributed by atoms with van der Waals surface area (Å²) < 4.78 is 21.9. The van der Waals surface area contributed by atoms with Crippen LogP contribution in [0.3, 0.4) is 0 Å². The molecule has 2 aliphatic heterocycles. The predicted molar refractivity (Wildman–Crippen MR) is 150 cm³/mol. The van der Waals surface area contributed by atoms with Crippen molar-refractivity contribution in [2.45, 2.75) is 44.8 Å². The Bertz CT molecular complexity index is 1610. The Morgan fingerprint density at radius 3 is 2.54 bits per heavy atom. The van der Waals surface area contributed by atoms with Crippen molar-refractivity contribution in [3.63, 3.8) is 0 Å². The molecule has 1 atom stereocenters. The van der Waals surface area contributed by atoms with E-state index in [1.807, 2.05) is 9.47 Å². The van der Waals surface area contributed by atoms with Crippen LogP contribution < -0.4 is 0 Å². The van der Waals surface area contributed by atoms with Gasteiger partial charge in [-0.1, -0.05) is 23.7 Å². The Hall–Kier alpha value is -3.89. The van der Waals surface area contributed by atoms with Crippen molar-refractivity contribution in [1.82, 2.24) is 24.4 Å². The lowest BCUT2D eigenvalue weighted by atomic mass is 9.93. The van der Waals surface area contributed by atoms with Gasteiger partial charge in [0.05, 0.1) is 12.6 Å². The molecule has 5 heterocycles. The van der Waals surface area contributed by atoms with E-state index in [-0.39, 0.29) is 24.1 Å². The smallest absolute Gasteiger partial charge is 0.354 e. The molecule has 1 unspecified atom stereocenters. The number of nitrogens with zero attached hydrogens (tertiary/aromatic N) is 5. The van der Waals surface area contributed by atoms with Gasteiger partial charge in [-0.25, -0.2) is 24.1 Å². The van der Waals surface area contributed by atoms with Gasteiger partial charge in [0.25, 0.3) is 5.91 Å². The van der Waals surface area contributed by atoms with Gasteiger partial charge >= 0.3 is 5.97 Å². The first kappa shape index (κ1) is 27.3. The number of aromatic nitrogens is 4. The minimum absolute atomic E-state index is 0.0115. The number of hydrogen-bond acceptors (Lipinski definition) is 6. The van der Waals surface area contributed by atoms with Gasteiger partial charge < -0.3 is 19.3 Å². The number of amides is 1. The third-order valence-corrected chi connectivity index (χ3v) is 8.09. The van der Waals surface area contributed by atoms with Crippen LogP contribution in [0.4, 0.5) is 4.39 Å². The molecule has 4 aromatic rings. The molecule has 11 heteroatoms. The average Bonchev–Trinajstić information content (AvgIpc) is 3.28. The molecule has 0 saturated carbocycles. The summed E-state index contributed by atoms with van der Waals surface area (Å²) in [4.78, 5) is 40.3. The number of carbonyl (C=O) groups excluding carboxylic acids is 1. The van der Waals surface area contributed by atoms with E-state index in [1.54, 1.807) is 36.4 Å². The fourth-order valence-electron chi connectivity index (χ4n) is 5.47. The molecule has 1 amide bonds. The largest absolute Gasteiger partial charge is 0.477 e. The lowest BCUT2D eigenvalue weighted by molar-refractivity contribution is -0.0591. The van der Waals surface area contributed by atoms with Gasteiger partial charge in [-0.15, -0.1) is 0 Å². The molecule has 0 radical (unpaired) electrons. The zero-order chi connectivity index (χ0) is 28.5. The van der Waals surface area contributed by atoms with Crippen LogP contribution in [-0.2, 0) is 24.1 Å². The number of likely N-dealkylation sites (tertiary alicyclic amines) is 1. The summed E-state index contributed by atoms with van der Waals surface area (Å²) in [5.41, 5.74) is 2.65. The molecule has 0 aliphatic carbocycles. The van der Waals surface area contributed by atoms with E-state index in [0.717, 1.165) is 31.7 Å². The maximum Gasteiger partial charge on any atom is 0.354 e. The summed E-state index contributed by atoms with van der Waals surface area (Å²) >= 11 is 5.86. The van der Waals surface area contributed by atoms with Crippen LogP contribution in [0.1, 0.15) is 57.3 Å². The molecule has 2 fully saturated rings. The summed E-state index contributed by atoms with van der Waals surface area (Å²) in [5, 5.41) is 9.76. The number of pyridine rings is 2. The van der Waals surface area contributed by atoms with Crippen molar-refractivity contribution in [2.75, 3.05) is 19.7 Å². The second-order valence-electron chi connectivity index (χ2n) is 10.6. The van der Waals surface area contributed by atoms with Gasteiger partial charge in [0, 0.05) is 43.3 Å². The normalized spacial score (nSPS) is 17.5. The van der Waals surface area contributed by atoms with Crippen molar-refractivity contribution in [1.29, 1.82) is 0 Å². The second-order valence-corrected chi connectivity index (χ2v) is 11.1. The number of fused-ring (bicyclic) bond motifs is 1. The molecule has 0 bridgehead atoms. The summed E-state index contributed by atoms with van der Waals surface area (Å²) in [6.07, 6.45) is 3.59. The Labute approximate surface area is 240 Å². The van der Waals surface area contributed by atoms with E-state index in [9.17, 15) is 19.1 Å². The van der Waals surface area contributed by atoms with E-state index < -0.39 is 11.8 Å². The molecule has 212 valence electrons. The van der Waals surface area contributed by atoms with Gasteiger partial charge in [-0.2, -0.15) is 0 Å². The highest BCUT2D eigenvalue weighted by molar-refractivity contribution is 6.30. The Kier molecular flexibility index (Phi) is 7.68. The monoisotopic (exact) mass is 577 g/mol. The summed E-state index contributed by atoms with van der Waals surface area (Å²) in [7, 11) is 0. The van der Waals surface area contributed by atoms with Crippen LogP contribution in [0.15, 0.2) is 48.5 Å². The molecule has 2 saturated heterocycles. The van der Waals surface area contributed by atoms with E-state index in [0.29, 0.717) is 65.1 Å². The van der Waals surface area contributed by atoms with E-state index in [1.165, 1.54) is 12.1 Å². The van der Waals surface area contributed by atoms with Crippen molar-refractivity contribution in [3.8, 4) is 0 Å². The molecule has 9 nitrogen and oxygen atoms in total. The van der Waals surface area contributed by atoms with Gasteiger partial charge in [-0.3, -0.25) is 4.79 Å². The number of ether oxygens (including phenoxy) is 1. The van der Waals surface area contributed by atoms with Crippen LogP contribution in [0, 0.1) is 11.7 Å². The topological polar surface area (TPSA) is 110 Å². The SMILES string of the molecule is O=C(O)c1ccc2nc(CC3CCN(C(=O)c4cccc(Cc5ccc(Cl)cc5F)n4)CC3)n(CC3CCO3)c2n1. The number of aromatic carboxylic acids is 1. The Balaban J connectivity index is 1.12. The van der Waals surface area contributed by atoms with Gasteiger partial charge in [0.2, 0.25) is 0 Å². The van der Waals surface area contributed by atoms with Crippen LogP contribution in [0.25, 0.3) is 11.2 Å². The summed E-state index contributed by atoms with van der Waals surface area (Å²) in [6.45, 7) is 2.49. The van der Waals surface area contributed by atoms with Crippen molar-refractivity contribution in [3.05, 3.63) is 87.8 Å². The first-order chi connectivity index (χ1) is 19.8. The number of benzene rings is 1. The number of carbonyl (C=O) groups is 2. The minimum atomic E-state index is -1.07. The maximum absolute atomic E-state index is 14.3. The van der Waals surface area contributed by atoms with Crippen molar-refractivity contribution in [2.24, 2.45) is 5.92 Å². The Morgan fingerprint density at radius 2 is 1.83 bits per heavy atom. The first-order valence-corrected chi connectivity index (χ1v) is 14.1. The van der Waals surface area contributed by atoms with Crippen LogP contribution in [0.5, 0.6) is 0 Å². The van der Waals surface area contributed by atoms with Gasteiger partial charge in [-0.05, 0) is 67.1 Å². The molecule has 0 spiro atoms. The second kappa shape index (κ2) is 11.5. The average molecular weight is 578 g/mol. The van der Waals surface area contributed by atoms with E-state index in [4.69, 9.17) is 21.3 Å². The Morgan fingerprint density at radius 1 is 1.02 bits per heavy atom. The number of rotatable bonds is 8. The zero-order valence-electron chi connectivity index (χ0n) is 22.3. The number of carboxylic acid groups (broad SMARTS) is 1. The van der Waals surface area contributed by atoms with Gasteiger partial charge in [0.15, 0.2) is 11.3 Å². The molecule has 3 aromatic heterocycles. The third kappa shape index (κ3) is 5.94. The third-order valence-electron chi connectivity index (χ3n) is 7.86. The number of imidazole rings is 1. The quantitative estimate of drug-likeness (QED) is 0.320. The van der Waals surface area contributed by atoms with Gasteiger partial charge in [0.1, 0.15) is 22.9 Å². The highest BCUT2D eigenvalue weighted by Gasteiger charge is 2.28. The predicted octanol–water partition coefficient (Wildman–Crippen LogP) is 4.79. The highest BCUT2D eigenvalue weighted by Crippen LogP contribution is 2.27. The summed E-state index contributed by atoms with van der Waals surface area (Å²) in [5.74, 6) is -0.441. The number of piperidine rings is 1. The van der Waals surface area contributed by atoms with Crippen LogP contribution in [0.2, 0.25) is 5.02 Å². The first-order valence-electron chi connectivity index (χ1n) is 13.7. The maximum atomic E-state index is 14.3. The summed E-state index contributed by atoms with van der Waals surface area (Å²) in [6, 6.07) is 13.0. The lowest BCUT2D eigenvalue weighted by Crippen LogP contribution is -2.39. The highest BCUT2D eigenvalue weighted by atomic mass is 35.5. The van der Waals surface area contributed by atoms with E-state index >= 15 is 0 Å². The number of carboxylic acids is 1. The minimum Gasteiger partial charge on any atom is -0.477 e. The zero-order valence-corrected chi connectivity index (χ0v) is 23.1. The van der Waals surface area contributed by atoms with Crippen molar-refractivity contribution >= 4 is 34.6 Å². The molecule has 2 aliphatic rings. The number of hydrogen-bond donors (Lipinski definition) is 1. The molecule has 41 heavy (non-hydrogen) atoms. The number of halogens is 2. The fourth-order valence-corrected chi connectivity index (χ4v) is 5.62. The molecular weight excluding hydrogens is 549 g/mol. The molecular formula is C30H29ClFN5O4. The standard InChI is InChI=1S/C30H29ClFN5O4/c31-20-5-4-19(23(32)16-20)15-21-2-1-3-25(33-21)29(38)36-11-8-18(9-12-36)14-27-34-24-6-7-26(30(39)40)35-28(24)37(27)17-22-10-13-41-22/h1-7,16,18,22H,8-15,17H2,(H,39,40). The fraction of sp³-hybridized carbons (Fsp3) is 0.367. The van der Waals surface area contributed by atoms with Crippen LogP contribution in [-0.4, -0.2) is 67.2 Å².